The van der Waals surface area contributed by atoms with E-state index in [0.717, 1.165) is 12.8 Å². The molecular formula is C10H11N3O2. The molecule has 1 aliphatic carbocycles. The number of hydrogen-bond donors (Lipinski definition) is 0. The Morgan fingerprint density at radius 1 is 1.73 bits per heavy atom. The second-order valence-corrected chi connectivity index (χ2v) is 3.52. The molecule has 0 bridgehead atoms. The molecule has 1 amide bonds. The molecule has 0 radical (unpaired) electrons. The Morgan fingerprint density at radius 2 is 2.53 bits per heavy atom. The zero-order valence-electron chi connectivity index (χ0n) is 8.22. The van der Waals surface area contributed by atoms with Crippen LogP contribution >= 0.6 is 0 Å². The Labute approximate surface area is 87.3 Å². The van der Waals surface area contributed by atoms with Crippen molar-refractivity contribution in [2.45, 2.75) is 25.3 Å². The van der Waals surface area contributed by atoms with Crippen molar-refractivity contribution in [3.05, 3.63) is 18.0 Å². The molecular weight excluding hydrogens is 194 g/mol. The first-order chi connectivity index (χ1) is 7.33. The van der Waals surface area contributed by atoms with Gasteiger partial charge in [0, 0.05) is 18.7 Å². The van der Waals surface area contributed by atoms with Gasteiger partial charge in [-0.05, 0) is 12.8 Å². The molecule has 0 N–H and O–H groups in total. The summed E-state index contributed by atoms with van der Waals surface area (Å²) in [5.74, 6) is -0.137. The van der Waals surface area contributed by atoms with E-state index in [1.54, 1.807) is 11.0 Å². The molecule has 5 nitrogen and oxygen atoms in total. The quantitative estimate of drug-likeness (QED) is 0.740. The topological polar surface area (TPSA) is 70.1 Å². The largest absolute Gasteiger partial charge is 0.364 e. The number of carbonyl (C=O) groups excluding carboxylic acids is 1. The third-order valence-corrected chi connectivity index (χ3v) is 2.37. The van der Waals surface area contributed by atoms with Gasteiger partial charge in [-0.1, -0.05) is 5.16 Å². The molecule has 2 rings (SSSR count). The molecule has 0 aliphatic heterocycles. The molecule has 1 saturated carbocycles. The average Bonchev–Trinajstić information content (AvgIpc) is 2.94. The molecule has 0 aromatic carbocycles. The molecule has 0 saturated heterocycles. The summed E-state index contributed by atoms with van der Waals surface area (Å²) >= 11 is 0. The monoisotopic (exact) mass is 205 g/mol. The predicted octanol–water partition coefficient (Wildman–Crippen LogP) is 1.19. The zero-order chi connectivity index (χ0) is 10.7. The first kappa shape index (κ1) is 9.71. The maximum absolute atomic E-state index is 11.9. The summed E-state index contributed by atoms with van der Waals surface area (Å²) < 4.78 is 4.63. The van der Waals surface area contributed by atoms with Gasteiger partial charge in [-0.25, -0.2) is 0 Å². The van der Waals surface area contributed by atoms with Gasteiger partial charge in [0.1, 0.15) is 6.26 Å². The van der Waals surface area contributed by atoms with E-state index < -0.39 is 0 Å². The van der Waals surface area contributed by atoms with Gasteiger partial charge < -0.3 is 9.42 Å². The van der Waals surface area contributed by atoms with Crippen molar-refractivity contribution in [3.63, 3.8) is 0 Å². The summed E-state index contributed by atoms with van der Waals surface area (Å²) in [6.07, 6.45) is 3.78. The van der Waals surface area contributed by atoms with Gasteiger partial charge in [-0.3, -0.25) is 4.79 Å². The molecule has 1 fully saturated rings. The summed E-state index contributed by atoms with van der Waals surface area (Å²) in [7, 11) is 0. The van der Waals surface area contributed by atoms with Gasteiger partial charge in [-0.2, -0.15) is 5.26 Å². The molecule has 1 aliphatic rings. The van der Waals surface area contributed by atoms with E-state index in [0.29, 0.717) is 24.7 Å². The SMILES string of the molecule is N#CCCN(C(=O)c1ccon1)C1CC1. The fraction of sp³-hybridized carbons (Fsp3) is 0.500. The van der Waals surface area contributed by atoms with Crippen LogP contribution in [0.3, 0.4) is 0 Å². The molecule has 0 atom stereocenters. The molecule has 78 valence electrons. The number of carbonyl (C=O) groups is 1. The van der Waals surface area contributed by atoms with Crippen LogP contribution in [0.4, 0.5) is 0 Å². The van der Waals surface area contributed by atoms with Crippen molar-refractivity contribution in [2.24, 2.45) is 0 Å². The molecule has 1 aromatic rings. The van der Waals surface area contributed by atoms with Crippen LogP contribution in [0.5, 0.6) is 0 Å². The highest BCUT2D eigenvalue weighted by molar-refractivity contribution is 5.92. The van der Waals surface area contributed by atoms with Crippen LogP contribution in [0.1, 0.15) is 29.8 Å². The minimum Gasteiger partial charge on any atom is -0.364 e. The fourth-order valence-electron chi connectivity index (χ4n) is 1.48. The lowest BCUT2D eigenvalue weighted by Crippen LogP contribution is -2.34. The summed E-state index contributed by atoms with van der Waals surface area (Å²) in [5, 5.41) is 12.1. The highest BCUT2D eigenvalue weighted by atomic mass is 16.5. The van der Waals surface area contributed by atoms with E-state index >= 15 is 0 Å². The van der Waals surface area contributed by atoms with E-state index in [1.807, 2.05) is 6.07 Å². The summed E-state index contributed by atoms with van der Waals surface area (Å²) in [5.41, 5.74) is 0.319. The van der Waals surface area contributed by atoms with Crippen LogP contribution in [0.2, 0.25) is 0 Å². The second-order valence-electron chi connectivity index (χ2n) is 3.52. The number of rotatable bonds is 4. The predicted molar refractivity (Wildman–Crippen MR) is 50.8 cm³/mol. The highest BCUT2D eigenvalue weighted by Crippen LogP contribution is 2.28. The van der Waals surface area contributed by atoms with E-state index in [2.05, 4.69) is 9.68 Å². The van der Waals surface area contributed by atoms with Crippen LogP contribution in [0.25, 0.3) is 0 Å². The summed E-state index contributed by atoms with van der Waals surface area (Å²) in [6.45, 7) is 0.479. The standard InChI is InChI=1S/C10H11N3O2/c11-5-1-6-13(8-2-3-8)10(14)9-4-7-15-12-9/h4,7-8H,1-3,6H2. The van der Waals surface area contributed by atoms with Gasteiger partial charge >= 0.3 is 0 Å². The fourth-order valence-corrected chi connectivity index (χ4v) is 1.48. The van der Waals surface area contributed by atoms with Crippen LogP contribution in [0.15, 0.2) is 16.9 Å². The molecule has 5 heteroatoms. The van der Waals surface area contributed by atoms with E-state index in [1.165, 1.54) is 6.26 Å². The third kappa shape index (κ3) is 2.15. The van der Waals surface area contributed by atoms with Crippen LogP contribution in [0, 0.1) is 11.3 Å². The highest BCUT2D eigenvalue weighted by Gasteiger charge is 2.33. The Bertz CT molecular complexity index is 376. The van der Waals surface area contributed by atoms with Crippen molar-refractivity contribution in [1.29, 1.82) is 5.26 Å². The zero-order valence-corrected chi connectivity index (χ0v) is 8.22. The minimum absolute atomic E-state index is 0.137. The number of nitrogens with zero attached hydrogens (tertiary/aromatic N) is 3. The van der Waals surface area contributed by atoms with E-state index in [9.17, 15) is 4.79 Å². The van der Waals surface area contributed by atoms with E-state index in [4.69, 9.17) is 5.26 Å². The van der Waals surface area contributed by atoms with Gasteiger partial charge in [0.2, 0.25) is 0 Å². The van der Waals surface area contributed by atoms with Crippen LogP contribution in [-0.2, 0) is 0 Å². The van der Waals surface area contributed by atoms with Crippen molar-refractivity contribution < 1.29 is 9.32 Å². The van der Waals surface area contributed by atoms with Crippen LogP contribution in [-0.4, -0.2) is 28.6 Å². The lowest BCUT2D eigenvalue weighted by Gasteiger charge is -2.19. The van der Waals surface area contributed by atoms with Crippen molar-refractivity contribution in [3.8, 4) is 6.07 Å². The first-order valence-corrected chi connectivity index (χ1v) is 4.91. The van der Waals surface area contributed by atoms with Crippen molar-refractivity contribution in [2.75, 3.05) is 6.54 Å². The first-order valence-electron chi connectivity index (χ1n) is 4.91. The lowest BCUT2D eigenvalue weighted by molar-refractivity contribution is 0.0736. The second kappa shape index (κ2) is 4.13. The van der Waals surface area contributed by atoms with Crippen molar-refractivity contribution in [1.82, 2.24) is 10.1 Å². The van der Waals surface area contributed by atoms with Crippen LogP contribution < -0.4 is 0 Å². The maximum atomic E-state index is 11.9. The summed E-state index contributed by atoms with van der Waals surface area (Å²) in [6, 6.07) is 3.88. The summed E-state index contributed by atoms with van der Waals surface area (Å²) in [4.78, 5) is 13.6. The van der Waals surface area contributed by atoms with Gasteiger partial charge in [0.15, 0.2) is 5.69 Å². The van der Waals surface area contributed by atoms with Gasteiger partial charge in [0.25, 0.3) is 5.91 Å². The molecule has 1 heterocycles. The Balaban J connectivity index is 2.04. The number of nitriles is 1. The minimum atomic E-state index is -0.137. The Kier molecular flexibility index (Phi) is 2.68. The smallest absolute Gasteiger partial charge is 0.276 e. The number of amides is 1. The molecule has 15 heavy (non-hydrogen) atoms. The molecule has 0 unspecified atom stereocenters. The van der Waals surface area contributed by atoms with E-state index in [-0.39, 0.29) is 5.91 Å². The Hall–Kier alpha value is -1.83. The third-order valence-electron chi connectivity index (χ3n) is 2.37. The molecule has 0 spiro atoms. The molecule has 1 aromatic heterocycles. The maximum Gasteiger partial charge on any atom is 0.276 e. The van der Waals surface area contributed by atoms with Gasteiger partial charge in [-0.15, -0.1) is 0 Å². The Morgan fingerprint density at radius 3 is 3.07 bits per heavy atom. The van der Waals surface area contributed by atoms with Gasteiger partial charge in [0.05, 0.1) is 12.5 Å². The van der Waals surface area contributed by atoms with Crippen molar-refractivity contribution >= 4 is 5.91 Å². The normalized spacial score (nSPS) is 14.6. The number of aromatic nitrogens is 1. The lowest BCUT2D eigenvalue weighted by atomic mass is 10.3. The number of hydrogen-bond acceptors (Lipinski definition) is 4. The average molecular weight is 205 g/mol.